The maximum Gasteiger partial charge on any atom is 0.311 e. The number of hydrogen-bond acceptors (Lipinski definition) is 5. The minimum atomic E-state index is -0.552. The Hall–Kier alpha value is -3.04. The van der Waals surface area contributed by atoms with Crippen LogP contribution in [0, 0.1) is 21.4 Å². The van der Waals surface area contributed by atoms with E-state index in [9.17, 15) is 15.4 Å². The van der Waals surface area contributed by atoms with Gasteiger partial charge in [-0.05, 0) is 23.8 Å². The largest absolute Gasteiger partial charge is 0.496 e. The van der Waals surface area contributed by atoms with Crippen LogP contribution in [0.3, 0.4) is 0 Å². The lowest BCUT2D eigenvalue weighted by Crippen LogP contribution is -1.97. The first kappa shape index (κ1) is 17.3. The van der Waals surface area contributed by atoms with Crippen molar-refractivity contribution in [2.75, 3.05) is 14.2 Å². The average Bonchev–Trinajstić information content (AvgIpc) is 2.59. The van der Waals surface area contributed by atoms with Crippen LogP contribution in [0.25, 0.3) is 11.6 Å². The number of hydrogen-bond donors (Lipinski definition) is 0. The normalized spacial score (nSPS) is 10.8. The van der Waals surface area contributed by atoms with Crippen LogP contribution in [0.4, 0.5) is 5.69 Å². The fourth-order valence-corrected chi connectivity index (χ4v) is 2.25. The van der Waals surface area contributed by atoms with Crippen molar-refractivity contribution < 1.29 is 14.4 Å². The molecule has 6 nitrogen and oxygen atoms in total. The zero-order valence-corrected chi connectivity index (χ0v) is 13.7. The molecule has 0 fully saturated rings. The van der Waals surface area contributed by atoms with Gasteiger partial charge in [-0.1, -0.05) is 23.7 Å². The molecule has 0 N–H and O–H groups in total. The molecule has 0 spiro atoms. The molecular weight excluding hydrogens is 332 g/mol. The van der Waals surface area contributed by atoms with E-state index in [0.717, 1.165) is 0 Å². The minimum Gasteiger partial charge on any atom is -0.496 e. The van der Waals surface area contributed by atoms with Crippen LogP contribution in [0.1, 0.15) is 11.1 Å². The molecule has 0 aromatic heterocycles. The first-order chi connectivity index (χ1) is 11.5. The predicted octanol–water partition coefficient (Wildman–Crippen LogP) is 4.33. The summed E-state index contributed by atoms with van der Waals surface area (Å²) in [5, 5.41) is 21.1. The van der Waals surface area contributed by atoms with Gasteiger partial charge in [0, 0.05) is 22.7 Å². The second-order valence-electron chi connectivity index (χ2n) is 4.70. The Morgan fingerprint density at radius 2 is 1.83 bits per heavy atom. The van der Waals surface area contributed by atoms with Gasteiger partial charge in [0.1, 0.15) is 5.75 Å². The summed E-state index contributed by atoms with van der Waals surface area (Å²) in [7, 11) is 2.78. The first-order valence-corrected chi connectivity index (χ1v) is 7.16. The van der Waals surface area contributed by atoms with Crippen LogP contribution in [-0.4, -0.2) is 19.1 Å². The van der Waals surface area contributed by atoms with Crippen molar-refractivity contribution in [2.24, 2.45) is 0 Å². The molecule has 0 saturated heterocycles. The standard InChI is InChI=1S/C17H13ClN2O4/c1-23-16-9-17(24-2)15(20(21)22)8-12(16)7-13(10-19)11-3-5-14(18)6-4-11/h3-9H,1-2H3/b13-7-. The van der Waals surface area contributed by atoms with Crippen molar-refractivity contribution in [2.45, 2.75) is 0 Å². The highest BCUT2D eigenvalue weighted by molar-refractivity contribution is 6.30. The van der Waals surface area contributed by atoms with Gasteiger partial charge in [-0.25, -0.2) is 0 Å². The number of rotatable bonds is 5. The Kier molecular flexibility index (Phi) is 5.40. The number of benzene rings is 2. The van der Waals surface area contributed by atoms with Crippen molar-refractivity contribution in [1.82, 2.24) is 0 Å². The van der Waals surface area contributed by atoms with Gasteiger partial charge in [0.05, 0.1) is 30.8 Å². The monoisotopic (exact) mass is 344 g/mol. The highest BCUT2D eigenvalue weighted by atomic mass is 35.5. The van der Waals surface area contributed by atoms with Gasteiger partial charge in [0.2, 0.25) is 5.75 Å². The molecule has 7 heteroatoms. The van der Waals surface area contributed by atoms with Crippen LogP contribution >= 0.6 is 11.6 Å². The van der Waals surface area contributed by atoms with E-state index in [1.54, 1.807) is 24.3 Å². The second kappa shape index (κ2) is 7.49. The molecule has 0 saturated carbocycles. The van der Waals surface area contributed by atoms with Gasteiger partial charge in [0.15, 0.2) is 0 Å². The Balaban J connectivity index is 2.61. The Morgan fingerprint density at radius 3 is 2.33 bits per heavy atom. The summed E-state index contributed by atoms with van der Waals surface area (Å²) in [4.78, 5) is 10.6. The molecule has 2 aromatic carbocycles. The molecule has 0 aliphatic carbocycles. The lowest BCUT2D eigenvalue weighted by molar-refractivity contribution is -0.385. The molecule has 0 radical (unpaired) electrons. The third kappa shape index (κ3) is 3.65. The maximum atomic E-state index is 11.2. The van der Waals surface area contributed by atoms with Gasteiger partial charge in [-0.15, -0.1) is 0 Å². The van der Waals surface area contributed by atoms with Crippen molar-refractivity contribution >= 4 is 28.9 Å². The van der Waals surface area contributed by atoms with Crippen molar-refractivity contribution in [3.8, 4) is 17.6 Å². The maximum absolute atomic E-state index is 11.2. The van der Waals surface area contributed by atoms with Crippen molar-refractivity contribution in [1.29, 1.82) is 5.26 Å². The predicted molar refractivity (Wildman–Crippen MR) is 91.1 cm³/mol. The van der Waals surface area contributed by atoms with Crippen molar-refractivity contribution in [3.63, 3.8) is 0 Å². The molecule has 2 rings (SSSR count). The van der Waals surface area contributed by atoms with Crippen LogP contribution in [0.5, 0.6) is 11.5 Å². The van der Waals surface area contributed by atoms with E-state index < -0.39 is 4.92 Å². The summed E-state index contributed by atoms with van der Waals surface area (Å²) in [6, 6.07) is 11.5. The average molecular weight is 345 g/mol. The summed E-state index contributed by atoms with van der Waals surface area (Å²) < 4.78 is 10.3. The van der Waals surface area contributed by atoms with E-state index in [0.29, 0.717) is 27.5 Å². The summed E-state index contributed by atoms with van der Waals surface area (Å²) in [6.45, 7) is 0. The quantitative estimate of drug-likeness (QED) is 0.349. The summed E-state index contributed by atoms with van der Waals surface area (Å²) >= 11 is 5.85. The van der Waals surface area contributed by atoms with Crippen LogP contribution < -0.4 is 9.47 Å². The van der Waals surface area contributed by atoms with Gasteiger partial charge >= 0.3 is 5.69 Å². The van der Waals surface area contributed by atoms with Gasteiger partial charge in [0.25, 0.3) is 0 Å². The zero-order chi connectivity index (χ0) is 17.7. The molecule has 0 aliphatic heterocycles. The van der Waals surface area contributed by atoms with Gasteiger partial charge < -0.3 is 9.47 Å². The zero-order valence-electron chi connectivity index (χ0n) is 12.9. The topological polar surface area (TPSA) is 85.4 Å². The Bertz CT molecular complexity index is 839. The Morgan fingerprint density at radius 1 is 1.21 bits per heavy atom. The molecule has 2 aromatic rings. The number of halogens is 1. The smallest absolute Gasteiger partial charge is 0.311 e. The number of nitrogens with zero attached hydrogens (tertiary/aromatic N) is 2. The van der Waals surface area contributed by atoms with Gasteiger partial charge in [-0.2, -0.15) is 5.26 Å². The summed E-state index contributed by atoms with van der Waals surface area (Å²) in [6.07, 6.45) is 1.52. The number of nitriles is 1. The van der Waals surface area contributed by atoms with E-state index in [4.69, 9.17) is 21.1 Å². The van der Waals surface area contributed by atoms with E-state index in [1.807, 2.05) is 0 Å². The summed E-state index contributed by atoms with van der Waals surface area (Å²) in [5.74, 6) is 0.443. The van der Waals surface area contributed by atoms with Crippen molar-refractivity contribution in [3.05, 3.63) is 62.7 Å². The van der Waals surface area contributed by atoms with Gasteiger partial charge in [-0.3, -0.25) is 10.1 Å². The first-order valence-electron chi connectivity index (χ1n) is 6.78. The molecule has 0 atom stereocenters. The number of ether oxygens (including phenoxy) is 2. The molecule has 24 heavy (non-hydrogen) atoms. The van der Waals surface area contributed by atoms with Crippen LogP contribution in [-0.2, 0) is 0 Å². The molecule has 0 bridgehead atoms. The molecule has 0 amide bonds. The van der Waals surface area contributed by atoms with Crippen LogP contribution in [0.15, 0.2) is 36.4 Å². The minimum absolute atomic E-state index is 0.0824. The van der Waals surface area contributed by atoms with E-state index in [1.165, 1.54) is 32.4 Å². The van der Waals surface area contributed by atoms with Crippen LogP contribution in [0.2, 0.25) is 5.02 Å². The van der Waals surface area contributed by atoms with E-state index in [2.05, 4.69) is 6.07 Å². The molecule has 0 heterocycles. The highest BCUT2D eigenvalue weighted by Crippen LogP contribution is 2.36. The molecule has 122 valence electrons. The molecule has 0 aliphatic rings. The lowest BCUT2D eigenvalue weighted by Gasteiger charge is -2.09. The summed E-state index contributed by atoms with van der Waals surface area (Å²) in [5.41, 5.74) is 1.15. The third-order valence-corrected chi connectivity index (χ3v) is 3.56. The second-order valence-corrected chi connectivity index (χ2v) is 5.14. The lowest BCUT2D eigenvalue weighted by atomic mass is 10.0. The SMILES string of the molecule is COc1cc(OC)c([N+](=O)[O-])cc1/C=C(/C#N)c1ccc(Cl)cc1. The fourth-order valence-electron chi connectivity index (χ4n) is 2.13. The highest BCUT2D eigenvalue weighted by Gasteiger charge is 2.19. The Labute approximate surface area is 143 Å². The third-order valence-electron chi connectivity index (χ3n) is 3.30. The molecular formula is C17H13ClN2O4. The van der Waals surface area contributed by atoms with E-state index in [-0.39, 0.29) is 11.4 Å². The fraction of sp³-hybridized carbons (Fsp3) is 0.118. The number of nitro benzene ring substituents is 1. The van der Waals surface area contributed by atoms with E-state index >= 15 is 0 Å². The number of methoxy groups -OCH3 is 2. The molecule has 0 unspecified atom stereocenters. The number of allylic oxidation sites excluding steroid dienone is 1. The number of nitro groups is 1.